The maximum absolute atomic E-state index is 11.7. The van der Waals surface area contributed by atoms with Gasteiger partial charge in [-0.1, -0.05) is 0 Å². The summed E-state index contributed by atoms with van der Waals surface area (Å²) in [6.07, 6.45) is 2.26. The number of ether oxygens (including phenoxy) is 1. The monoisotopic (exact) mass is 291 g/mol. The lowest BCUT2D eigenvalue weighted by molar-refractivity contribution is -0.128. The Balaban J connectivity index is 1.64. The van der Waals surface area contributed by atoms with Crippen molar-refractivity contribution in [3.63, 3.8) is 0 Å². The Hall–Kier alpha value is -2.24. The first-order valence-electron chi connectivity index (χ1n) is 7.12. The molecule has 1 atom stereocenters. The number of nitrogens with two attached hydrogens (primary N) is 1. The van der Waals surface area contributed by atoms with Crippen LogP contribution < -0.4 is 21.1 Å². The van der Waals surface area contributed by atoms with Gasteiger partial charge in [-0.2, -0.15) is 0 Å². The molecule has 0 saturated heterocycles. The van der Waals surface area contributed by atoms with Crippen LogP contribution in [0.5, 0.6) is 5.75 Å². The van der Waals surface area contributed by atoms with E-state index in [2.05, 4.69) is 10.6 Å². The van der Waals surface area contributed by atoms with E-state index in [-0.39, 0.29) is 24.8 Å². The Morgan fingerprint density at radius 3 is 2.62 bits per heavy atom. The fourth-order valence-electron chi connectivity index (χ4n) is 1.76. The van der Waals surface area contributed by atoms with Crippen LogP contribution in [0.1, 0.15) is 26.2 Å². The number of carbonyl (C=O) groups is 2. The minimum atomic E-state index is -0.519. The highest BCUT2D eigenvalue weighted by molar-refractivity contribution is 5.87. The molecule has 2 rings (SSSR count). The Labute approximate surface area is 124 Å². The number of carbonyl (C=O) groups excluding carboxylic acids is 2. The third kappa shape index (κ3) is 5.33. The molecule has 4 N–H and O–H groups in total. The Kier molecular flexibility index (Phi) is 5.03. The van der Waals surface area contributed by atoms with Crippen LogP contribution in [0.15, 0.2) is 24.3 Å². The van der Waals surface area contributed by atoms with Crippen LogP contribution >= 0.6 is 0 Å². The molecule has 1 aliphatic rings. The van der Waals surface area contributed by atoms with Crippen molar-refractivity contribution in [2.24, 2.45) is 0 Å². The molecule has 2 amide bonds. The largest absolute Gasteiger partial charge is 0.493 e. The summed E-state index contributed by atoms with van der Waals surface area (Å²) >= 11 is 0. The predicted molar refractivity (Wildman–Crippen MR) is 79.7 cm³/mol. The second-order valence-electron chi connectivity index (χ2n) is 5.24. The fourth-order valence-corrected chi connectivity index (χ4v) is 1.76. The lowest BCUT2D eigenvalue weighted by Crippen LogP contribution is -2.45. The number of benzene rings is 1. The number of nitrogen functional groups attached to an aromatic ring is 1. The molecule has 6 nitrogen and oxygen atoms in total. The van der Waals surface area contributed by atoms with Crippen LogP contribution in [0.2, 0.25) is 0 Å². The molecule has 21 heavy (non-hydrogen) atoms. The molecular formula is C15H21N3O3. The fraction of sp³-hybridized carbons (Fsp3) is 0.467. The van der Waals surface area contributed by atoms with E-state index >= 15 is 0 Å². The lowest BCUT2D eigenvalue weighted by atomic mass is 10.3. The zero-order valence-corrected chi connectivity index (χ0v) is 12.1. The summed E-state index contributed by atoms with van der Waals surface area (Å²) in [4.78, 5) is 23.4. The van der Waals surface area contributed by atoms with Gasteiger partial charge in [0.15, 0.2) is 0 Å². The molecule has 1 aromatic rings. The molecule has 0 aliphatic heterocycles. The van der Waals surface area contributed by atoms with Crippen molar-refractivity contribution in [3.8, 4) is 5.75 Å². The highest BCUT2D eigenvalue weighted by atomic mass is 16.5. The molecule has 0 heterocycles. The molecule has 0 bridgehead atoms. The molecule has 0 radical (unpaired) electrons. The van der Waals surface area contributed by atoms with E-state index in [0.29, 0.717) is 17.5 Å². The maximum atomic E-state index is 11.7. The smallest absolute Gasteiger partial charge is 0.242 e. The van der Waals surface area contributed by atoms with E-state index in [9.17, 15) is 9.59 Å². The van der Waals surface area contributed by atoms with Crippen LogP contribution in [-0.2, 0) is 9.59 Å². The molecule has 114 valence electrons. The van der Waals surface area contributed by atoms with Gasteiger partial charge in [0, 0.05) is 11.7 Å². The Bertz CT molecular complexity index is 497. The molecule has 0 spiro atoms. The first-order valence-corrected chi connectivity index (χ1v) is 7.12. The molecular weight excluding hydrogens is 270 g/mol. The summed E-state index contributed by atoms with van der Waals surface area (Å²) in [5.41, 5.74) is 6.23. The zero-order valence-electron chi connectivity index (χ0n) is 12.1. The molecule has 1 aromatic carbocycles. The molecule has 1 saturated carbocycles. The second-order valence-corrected chi connectivity index (χ2v) is 5.24. The van der Waals surface area contributed by atoms with E-state index in [4.69, 9.17) is 10.5 Å². The Morgan fingerprint density at radius 2 is 2.00 bits per heavy atom. The van der Waals surface area contributed by atoms with Gasteiger partial charge in [0.2, 0.25) is 11.8 Å². The highest BCUT2D eigenvalue weighted by Crippen LogP contribution is 2.18. The standard InChI is InChI=1S/C15H21N3O3/c1-10(15(20)18-12-4-5-12)17-14(19)8-9-21-13-6-2-11(16)3-7-13/h2-3,6-7,10,12H,4-5,8-9,16H2,1H3,(H,17,19)(H,18,20). The average molecular weight is 291 g/mol. The van der Waals surface area contributed by atoms with Gasteiger partial charge in [0.1, 0.15) is 11.8 Å². The van der Waals surface area contributed by atoms with Gasteiger partial charge in [-0.05, 0) is 44.0 Å². The van der Waals surface area contributed by atoms with Gasteiger partial charge in [-0.15, -0.1) is 0 Å². The number of hydrogen-bond donors (Lipinski definition) is 3. The summed E-state index contributed by atoms with van der Waals surface area (Å²) < 4.78 is 5.43. The van der Waals surface area contributed by atoms with Crippen molar-refractivity contribution >= 4 is 17.5 Å². The van der Waals surface area contributed by atoms with E-state index in [0.717, 1.165) is 12.8 Å². The number of hydrogen-bond acceptors (Lipinski definition) is 4. The Morgan fingerprint density at radius 1 is 1.33 bits per heavy atom. The van der Waals surface area contributed by atoms with Crippen molar-refractivity contribution in [1.29, 1.82) is 0 Å². The molecule has 6 heteroatoms. The number of rotatable bonds is 7. The van der Waals surface area contributed by atoms with Gasteiger partial charge in [-0.25, -0.2) is 0 Å². The normalized spacial score (nSPS) is 15.1. The van der Waals surface area contributed by atoms with Gasteiger partial charge < -0.3 is 21.1 Å². The SMILES string of the molecule is CC(NC(=O)CCOc1ccc(N)cc1)C(=O)NC1CC1. The van der Waals surface area contributed by atoms with Gasteiger partial charge in [-0.3, -0.25) is 9.59 Å². The number of nitrogens with one attached hydrogen (secondary N) is 2. The van der Waals surface area contributed by atoms with Crippen molar-refractivity contribution in [2.75, 3.05) is 12.3 Å². The van der Waals surface area contributed by atoms with Crippen molar-refractivity contribution in [1.82, 2.24) is 10.6 Å². The molecule has 1 fully saturated rings. The summed E-state index contributed by atoms with van der Waals surface area (Å²) in [5.74, 6) is 0.325. The number of anilines is 1. The van der Waals surface area contributed by atoms with E-state index in [1.54, 1.807) is 31.2 Å². The summed E-state index contributed by atoms with van der Waals surface area (Å²) in [6.45, 7) is 1.93. The first-order chi connectivity index (χ1) is 10.0. The van der Waals surface area contributed by atoms with E-state index < -0.39 is 6.04 Å². The lowest BCUT2D eigenvalue weighted by Gasteiger charge is -2.14. The number of amides is 2. The molecule has 1 unspecified atom stereocenters. The van der Waals surface area contributed by atoms with Crippen molar-refractivity contribution in [3.05, 3.63) is 24.3 Å². The quantitative estimate of drug-likeness (QED) is 0.648. The van der Waals surface area contributed by atoms with Crippen LogP contribution in [0.4, 0.5) is 5.69 Å². The van der Waals surface area contributed by atoms with Crippen LogP contribution in [-0.4, -0.2) is 30.5 Å². The molecule has 1 aliphatic carbocycles. The maximum Gasteiger partial charge on any atom is 0.242 e. The highest BCUT2D eigenvalue weighted by Gasteiger charge is 2.26. The van der Waals surface area contributed by atoms with Gasteiger partial charge in [0.25, 0.3) is 0 Å². The van der Waals surface area contributed by atoms with Crippen LogP contribution in [0.25, 0.3) is 0 Å². The van der Waals surface area contributed by atoms with Crippen LogP contribution in [0, 0.1) is 0 Å². The van der Waals surface area contributed by atoms with Crippen molar-refractivity contribution in [2.45, 2.75) is 38.3 Å². The van der Waals surface area contributed by atoms with Gasteiger partial charge >= 0.3 is 0 Å². The molecule has 0 aromatic heterocycles. The third-order valence-corrected chi connectivity index (χ3v) is 3.17. The predicted octanol–water partition coefficient (Wildman–Crippen LogP) is 0.821. The second kappa shape index (κ2) is 6.97. The minimum absolute atomic E-state index is 0.134. The van der Waals surface area contributed by atoms with Crippen molar-refractivity contribution < 1.29 is 14.3 Å². The van der Waals surface area contributed by atoms with E-state index in [1.807, 2.05) is 0 Å². The summed E-state index contributed by atoms with van der Waals surface area (Å²) in [7, 11) is 0. The van der Waals surface area contributed by atoms with E-state index in [1.165, 1.54) is 0 Å². The third-order valence-electron chi connectivity index (χ3n) is 3.17. The van der Waals surface area contributed by atoms with Gasteiger partial charge in [0.05, 0.1) is 13.0 Å². The summed E-state index contributed by atoms with van der Waals surface area (Å²) in [5, 5.41) is 5.51. The topological polar surface area (TPSA) is 93.4 Å². The zero-order chi connectivity index (χ0) is 15.2. The minimum Gasteiger partial charge on any atom is -0.493 e. The average Bonchev–Trinajstić information content (AvgIpc) is 3.25. The van der Waals surface area contributed by atoms with Crippen LogP contribution in [0.3, 0.4) is 0 Å². The summed E-state index contributed by atoms with van der Waals surface area (Å²) in [6, 6.07) is 6.75. The first kappa shape index (κ1) is 15.2.